The van der Waals surface area contributed by atoms with Gasteiger partial charge in [0.05, 0.1) is 6.04 Å². The molecule has 182 valence electrons. The molecule has 0 spiro atoms. The van der Waals surface area contributed by atoms with E-state index in [4.69, 9.17) is 15.2 Å². The number of pyridine rings is 1. The molecule has 1 amide bonds. The lowest BCUT2D eigenvalue weighted by Crippen LogP contribution is -2.46. The molecule has 3 heterocycles. The molecule has 7 heteroatoms. The maximum Gasteiger partial charge on any atom is 0.410 e. The van der Waals surface area contributed by atoms with E-state index in [1.54, 1.807) is 0 Å². The Kier molecular flexibility index (Phi) is 6.97. The Balaban J connectivity index is 1.17. The quantitative estimate of drug-likeness (QED) is 0.532. The normalized spacial score (nSPS) is 19.1. The van der Waals surface area contributed by atoms with E-state index in [1.165, 1.54) is 5.56 Å². The summed E-state index contributed by atoms with van der Waals surface area (Å²) in [7, 11) is 0. The zero-order chi connectivity index (χ0) is 24.2. The average Bonchev–Trinajstić information content (AvgIpc) is 3.28. The first kappa shape index (κ1) is 23.3. The van der Waals surface area contributed by atoms with Gasteiger partial charge in [0.2, 0.25) is 5.88 Å². The Morgan fingerprint density at radius 3 is 2.46 bits per heavy atom. The van der Waals surface area contributed by atoms with Crippen molar-refractivity contribution in [3.63, 3.8) is 0 Å². The fourth-order valence-electron chi connectivity index (χ4n) is 4.97. The number of nitrogens with zero attached hydrogens (tertiary/aromatic N) is 3. The smallest absolute Gasteiger partial charge is 0.410 e. The number of piperidine rings is 1. The third kappa shape index (κ3) is 5.31. The third-order valence-corrected chi connectivity index (χ3v) is 6.99. The van der Waals surface area contributed by atoms with Crippen LogP contribution >= 0.6 is 0 Å². The van der Waals surface area contributed by atoms with Gasteiger partial charge in [-0.1, -0.05) is 48.5 Å². The van der Waals surface area contributed by atoms with Gasteiger partial charge in [-0.3, -0.25) is 9.80 Å². The van der Waals surface area contributed by atoms with E-state index in [9.17, 15) is 4.79 Å². The van der Waals surface area contributed by atoms with E-state index >= 15 is 0 Å². The van der Waals surface area contributed by atoms with Gasteiger partial charge in [-0.25, -0.2) is 9.78 Å². The van der Waals surface area contributed by atoms with E-state index < -0.39 is 0 Å². The van der Waals surface area contributed by atoms with Gasteiger partial charge < -0.3 is 15.2 Å². The van der Waals surface area contributed by atoms with Crippen LogP contribution in [0.5, 0.6) is 11.6 Å². The lowest BCUT2D eigenvalue weighted by Gasteiger charge is -2.38. The zero-order valence-corrected chi connectivity index (χ0v) is 20.1. The van der Waals surface area contributed by atoms with Gasteiger partial charge in [0.1, 0.15) is 12.4 Å². The SMILES string of the molecule is Cc1nc(Oc2ccc(CN)cc2)ccc1CN1CCC(N2C(=O)OC[C@H]2c2ccccc2)CC1. The minimum atomic E-state index is -0.189. The van der Waals surface area contributed by atoms with Crippen molar-refractivity contribution in [3.05, 3.63) is 89.1 Å². The van der Waals surface area contributed by atoms with Crippen LogP contribution in [-0.2, 0) is 17.8 Å². The summed E-state index contributed by atoms with van der Waals surface area (Å²) >= 11 is 0. The summed E-state index contributed by atoms with van der Waals surface area (Å²) in [6, 6.07) is 22.2. The van der Waals surface area contributed by atoms with Crippen LogP contribution in [0.15, 0.2) is 66.7 Å². The first-order valence-corrected chi connectivity index (χ1v) is 12.3. The maximum atomic E-state index is 12.5. The second-order valence-corrected chi connectivity index (χ2v) is 9.26. The highest BCUT2D eigenvalue weighted by Crippen LogP contribution is 2.33. The molecule has 7 nitrogen and oxygen atoms in total. The Morgan fingerprint density at radius 2 is 1.77 bits per heavy atom. The molecule has 0 saturated carbocycles. The summed E-state index contributed by atoms with van der Waals surface area (Å²) in [5.41, 5.74) is 10.0. The highest BCUT2D eigenvalue weighted by Gasteiger charge is 2.40. The molecule has 1 atom stereocenters. The molecular weight excluding hydrogens is 440 g/mol. The number of carbonyl (C=O) groups is 1. The molecule has 0 radical (unpaired) electrons. The van der Waals surface area contributed by atoms with E-state index in [2.05, 4.69) is 28.1 Å². The van der Waals surface area contributed by atoms with Gasteiger partial charge in [-0.15, -0.1) is 0 Å². The summed E-state index contributed by atoms with van der Waals surface area (Å²) in [4.78, 5) is 21.6. The number of aryl methyl sites for hydroxylation is 1. The number of ether oxygens (including phenoxy) is 2. The number of rotatable bonds is 7. The lowest BCUT2D eigenvalue weighted by atomic mass is 9.98. The van der Waals surface area contributed by atoms with Crippen molar-refractivity contribution in [2.45, 2.75) is 44.9 Å². The Hall–Kier alpha value is -3.42. The van der Waals surface area contributed by atoms with Crippen molar-refractivity contribution < 1.29 is 14.3 Å². The highest BCUT2D eigenvalue weighted by molar-refractivity contribution is 5.71. The van der Waals surface area contributed by atoms with Crippen LogP contribution in [0.3, 0.4) is 0 Å². The largest absolute Gasteiger partial charge is 0.447 e. The van der Waals surface area contributed by atoms with Gasteiger partial charge in [0, 0.05) is 44.0 Å². The van der Waals surface area contributed by atoms with Crippen molar-refractivity contribution in [1.29, 1.82) is 0 Å². The molecule has 2 fully saturated rings. The monoisotopic (exact) mass is 472 g/mol. The van der Waals surface area contributed by atoms with E-state index in [0.717, 1.165) is 55.0 Å². The van der Waals surface area contributed by atoms with Crippen LogP contribution < -0.4 is 10.5 Å². The molecule has 2 N–H and O–H groups in total. The number of hydrogen-bond acceptors (Lipinski definition) is 6. The third-order valence-electron chi connectivity index (χ3n) is 6.99. The minimum Gasteiger partial charge on any atom is -0.447 e. The van der Waals surface area contributed by atoms with Crippen molar-refractivity contribution in [1.82, 2.24) is 14.8 Å². The summed E-state index contributed by atoms with van der Waals surface area (Å²) < 4.78 is 11.4. The van der Waals surface area contributed by atoms with Gasteiger partial charge in [-0.2, -0.15) is 0 Å². The van der Waals surface area contributed by atoms with E-state index in [-0.39, 0.29) is 18.2 Å². The summed E-state index contributed by atoms with van der Waals surface area (Å²) in [6.07, 6.45) is 1.68. The minimum absolute atomic E-state index is 0.00532. The summed E-state index contributed by atoms with van der Waals surface area (Å²) in [6.45, 7) is 5.67. The van der Waals surface area contributed by atoms with E-state index in [0.29, 0.717) is 19.0 Å². The molecule has 2 aromatic carbocycles. The number of aromatic nitrogens is 1. The first-order valence-electron chi connectivity index (χ1n) is 12.3. The molecule has 2 aliphatic heterocycles. The van der Waals surface area contributed by atoms with Crippen molar-refractivity contribution in [2.75, 3.05) is 19.7 Å². The number of carbonyl (C=O) groups excluding carboxylic acids is 1. The standard InChI is InChI=1S/C28H32N4O3/c1-20-23(9-12-27(30-20)35-25-10-7-21(17-29)8-11-25)18-31-15-13-24(14-16-31)32-26(19-34-28(32)33)22-5-3-2-4-6-22/h2-12,24,26H,13-19,29H2,1H3/t26-/m0/s1. The second-order valence-electron chi connectivity index (χ2n) is 9.26. The molecule has 0 unspecified atom stereocenters. The number of hydrogen-bond donors (Lipinski definition) is 1. The number of amides is 1. The summed E-state index contributed by atoms with van der Waals surface area (Å²) in [5, 5.41) is 0. The van der Waals surface area contributed by atoms with Crippen LogP contribution in [-0.4, -0.2) is 46.6 Å². The van der Waals surface area contributed by atoms with Crippen LogP contribution in [0.1, 0.15) is 41.3 Å². The molecular formula is C28H32N4O3. The van der Waals surface area contributed by atoms with Crippen molar-refractivity contribution in [3.8, 4) is 11.6 Å². The fourth-order valence-corrected chi connectivity index (χ4v) is 4.97. The van der Waals surface area contributed by atoms with Gasteiger partial charge in [0.25, 0.3) is 0 Å². The van der Waals surface area contributed by atoms with Crippen LogP contribution in [0, 0.1) is 6.92 Å². The van der Waals surface area contributed by atoms with Crippen LogP contribution in [0.25, 0.3) is 0 Å². The Labute approximate surface area is 206 Å². The topological polar surface area (TPSA) is 80.9 Å². The van der Waals surface area contributed by atoms with Crippen molar-refractivity contribution >= 4 is 6.09 Å². The second kappa shape index (κ2) is 10.5. The van der Waals surface area contributed by atoms with Gasteiger partial charge >= 0.3 is 6.09 Å². The predicted octanol–water partition coefficient (Wildman–Crippen LogP) is 4.80. The van der Waals surface area contributed by atoms with E-state index in [1.807, 2.05) is 60.4 Å². The molecule has 0 bridgehead atoms. The van der Waals surface area contributed by atoms with Gasteiger partial charge in [-0.05, 0) is 48.6 Å². The molecule has 5 rings (SSSR count). The Morgan fingerprint density at radius 1 is 1.03 bits per heavy atom. The first-order chi connectivity index (χ1) is 17.1. The summed E-state index contributed by atoms with van der Waals surface area (Å²) in [5.74, 6) is 1.34. The number of benzene rings is 2. The van der Waals surface area contributed by atoms with Gasteiger partial charge in [0.15, 0.2) is 0 Å². The molecule has 0 aliphatic carbocycles. The number of cyclic esters (lactones) is 1. The molecule has 1 aromatic heterocycles. The highest BCUT2D eigenvalue weighted by atomic mass is 16.6. The lowest BCUT2D eigenvalue weighted by molar-refractivity contribution is 0.104. The van der Waals surface area contributed by atoms with Crippen LogP contribution in [0.4, 0.5) is 4.79 Å². The number of nitrogens with two attached hydrogens (primary N) is 1. The molecule has 2 saturated heterocycles. The molecule has 35 heavy (non-hydrogen) atoms. The number of likely N-dealkylation sites (tertiary alicyclic amines) is 1. The average molecular weight is 473 g/mol. The zero-order valence-electron chi connectivity index (χ0n) is 20.1. The van der Waals surface area contributed by atoms with Crippen LogP contribution in [0.2, 0.25) is 0 Å². The molecule has 3 aromatic rings. The molecule has 2 aliphatic rings. The fraction of sp³-hybridized carbons (Fsp3) is 0.357. The Bertz CT molecular complexity index is 1140. The maximum absolute atomic E-state index is 12.5. The predicted molar refractivity (Wildman–Crippen MR) is 134 cm³/mol. The van der Waals surface area contributed by atoms with Crippen molar-refractivity contribution in [2.24, 2.45) is 5.73 Å².